The van der Waals surface area contributed by atoms with Crippen LogP contribution in [0.15, 0.2) is 35.7 Å². The van der Waals surface area contributed by atoms with Crippen LogP contribution in [-0.4, -0.2) is 27.7 Å². The number of nitrogens with two attached hydrogens (primary N) is 1. The number of para-hydroxylation sites is 1. The monoisotopic (exact) mass is 324 g/mol. The van der Waals surface area contributed by atoms with E-state index in [0.717, 1.165) is 12.5 Å². The Balaban J connectivity index is 2.21. The summed E-state index contributed by atoms with van der Waals surface area (Å²) < 4.78 is 28.9. The van der Waals surface area contributed by atoms with Gasteiger partial charge in [-0.05, 0) is 12.1 Å². The highest BCUT2D eigenvalue weighted by molar-refractivity contribution is 5.84. The molecule has 0 unspecified atom stereocenters. The summed E-state index contributed by atoms with van der Waals surface area (Å²) in [6.45, 7) is -2.99. The Kier molecular flexibility index (Phi) is 4.92. The molecule has 11 heteroatoms. The molecule has 0 aliphatic rings. The molecule has 0 amide bonds. The summed E-state index contributed by atoms with van der Waals surface area (Å²) in [6.07, 6.45) is 2.17. The third kappa shape index (κ3) is 4.06. The highest BCUT2D eigenvalue weighted by Gasteiger charge is 2.20. The minimum absolute atomic E-state index is 0.0928. The van der Waals surface area contributed by atoms with Gasteiger partial charge in [0.15, 0.2) is 0 Å². The number of hydrogen-bond donors (Lipinski definition) is 2. The lowest BCUT2D eigenvalue weighted by Gasteiger charge is -2.07. The molecule has 1 aromatic carbocycles. The maximum atomic E-state index is 12.3. The molecule has 0 aliphatic carbocycles. The molecule has 0 spiro atoms. The molecule has 0 fully saturated rings. The van der Waals surface area contributed by atoms with Gasteiger partial charge >= 0.3 is 12.3 Å². The van der Waals surface area contributed by atoms with E-state index in [1.54, 1.807) is 6.07 Å². The van der Waals surface area contributed by atoms with E-state index in [1.165, 1.54) is 18.2 Å². The first-order chi connectivity index (χ1) is 11.0. The molecule has 0 saturated carbocycles. The standard InChI is InChI=1S/C12H10F2N6O3/c13-12(14)23-8-4-2-1-3-7(8)5-18-19-11-9(20(21)22)10(15)16-6-17-11/h1-6,12H,(H3,15,16,17,19). The van der Waals surface area contributed by atoms with E-state index in [0.29, 0.717) is 0 Å². The van der Waals surface area contributed by atoms with E-state index in [4.69, 9.17) is 5.73 Å². The van der Waals surface area contributed by atoms with Gasteiger partial charge < -0.3 is 10.5 Å². The summed E-state index contributed by atoms with van der Waals surface area (Å²) in [4.78, 5) is 17.3. The topological polar surface area (TPSA) is 129 Å². The number of nitrogens with one attached hydrogen (secondary N) is 1. The zero-order valence-corrected chi connectivity index (χ0v) is 11.4. The van der Waals surface area contributed by atoms with Crippen molar-refractivity contribution in [3.63, 3.8) is 0 Å². The molecule has 2 rings (SSSR count). The Hall–Kier alpha value is -3.37. The average molecular weight is 324 g/mol. The van der Waals surface area contributed by atoms with Crippen molar-refractivity contribution in [2.75, 3.05) is 11.2 Å². The minimum Gasteiger partial charge on any atom is -0.434 e. The van der Waals surface area contributed by atoms with Gasteiger partial charge in [0.05, 0.1) is 11.1 Å². The fraction of sp³-hybridized carbons (Fsp3) is 0.0833. The van der Waals surface area contributed by atoms with Crippen LogP contribution in [0.3, 0.4) is 0 Å². The summed E-state index contributed by atoms with van der Waals surface area (Å²) in [5.74, 6) is -0.653. The molecule has 0 radical (unpaired) electrons. The van der Waals surface area contributed by atoms with Crippen LogP contribution in [0.25, 0.3) is 0 Å². The summed E-state index contributed by atoms with van der Waals surface area (Å²) >= 11 is 0. The highest BCUT2D eigenvalue weighted by atomic mass is 19.3. The van der Waals surface area contributed by atoms with Crippen molar-refractivity contribution in [3.8, 4) is 5.75 Å². The van der Waals surface area contributed by atoms with Gasteiger partial charge in [0, 0.05) is 5.56 Å². The van der Waals surface area contributed by atoms with E-state index in [-0.39, 0.29) is 22.9 Å². The Morgan fingerprint density at radius 1 is 1.39 bits per heavy atom. The number of hydrogen-bond acceptors (Lipinski definition) is 8. The van der Waals surface area contributed by atoms with Gasteiger partial charge in [0.1, 0.15) is 12.1 Å². The largest absolute Gasteiger partial charge is 0.434 e. The van der Waals surface area contributed by atoms with Gasteiger partial charge in [-0.1, -0.05) is 12.1 Å². The summed E-state index contributed by atoms with van der Waals surface area (Å²) in [7, 11) is 0. The number of nitrogens with zero attached hydrogens (tertiary/aromatic N) is 4. The zero-order valence-electron chi connectivity index (χ0n) is 11.4. The number of ether oxygens (including phenoxy) is 1. The van der Waals surface area contributed by atoms with Crippen LogP contribution in [0.4, 0.5) is 26.1 Å². The van der Waals surface area contributed by atoms with Gasteiger partial charge in [0.25, 0.3) is 0 Å². The molecule has 1 aromatic heterocycles. The summed E-state index contributed by atoms with van der Waals surface area (Å²) in [5, 5.41) is 14.6. The second-order valence-electron chi connectivity index (χ2n) is 4.00. The predicted octanol–water partition coefficient (Wildman–Crippen LogP) is 2.01. The Morgan fingerprint density at radius 2 is 2.13 bits per heavy atom. The third-order valence-corrected chi connectivity index (χ3v) is 2.54. The Morgan fingerprint density at radius 3 is 2.83 bits per heavy atom. The van der Waals surface area contributed by atoms with E-state index >= 15 is 0 Å². The lowest BCUT2D eigenvalue weighted by atomic mass is 10.2. The van der Waals surface area contributed by atoms with Gasteiger partial charge in [-0.15, -0.1) is 0 Å². The SMILES string of the molecule is Nc1ncnc(NN=Cc2ccccc2OC(F)F)c1[N+](=O)[O-]. The van der Waals surface area contributed by atoms with E-state index in [1.807, 2.05) is 0 Å². The van der Waals surface area contributed by atoms with Crippen LogP contribution in [0, 0.1) is 10.1 Å². The smallest absolute Gasteiger partial charge is 0.387 e. The van der Waals surface area contributed by atoms with Gasteiger partial charge in [-0.2, -0.15) is 13.9 Å². The van der Waals surface area contributed by atoms with Crippen molar-refractivity contribution < 1.29 is 18.4 Å². The van der Waals surface area contributed by atoms with E-state index in [9.17, 15) is 18.9 Å². The maximum absolute atomic E-state index is 12.3. The molecule has 0 saturated heterocycles. The van der Waals surface area contributed by atoms with Crippen LogP contribution >= 0.6 is 0 Å². The number of nitro groups is 1. The molecular weight excluding hydrogens is 314 g/mol. The molecule has 1 heterocycles. The van der Waals surface area contributed by atoms with Crippen LogP contribution in [0.2, 0.25) is 0 Å². The van der Waals surface area contributed by atoms with Gasteiger partial charge in [-0.3, -0.25) is 15.5 Å². The first kappa shape index (κ1) is 16.0. The molecule has 23 heavy (non-hydrogen) atoms. The average Bonchev–Trinajstić information content (AvgIpc) is 2.48. The summed E-state index contributed by atoms with van der Waals surface area (Å²) in [6, 6.07) is 5.91. The van der Waals surface area contributed by atoms with Gasteiger partial charge in [0.2, 0.25) is 11.6 Å². The van der Waals surface area contributed by atoms with Crippen molar-refractivity contribution in [2.45, 2.75) is 6.61 Å². The van der Waals surface area contributed by atoms with Crippen LogP contribution < -0.4 is 15.9 Å². The van der Waals surface area contributed by atoms with Crippen LogP contribution in [0.5, 0.6) is 5.75 Å². The van der Waals surface area contributed by atoms with Gasteiger partial charge in [-0.25, -0.2) is 9.97 Å². The molecule has 0 bridgehead atoms. The maximum Gasteiger partial charge on any atom is 0.387 e. The summed E-state index contributed by atoms with van der Waals surface area (Å²) in [5.41, 5.74) is 7.41. The van der Waals surface area contributed by atoms with Crippen molar-refractivity contribution in [1.82, 2.24) is 9.97 Å². The Bertz CT molecular complexity index is 740. The van der Waals surface area contributed by atoms with E-state index in [2.05, 4.69) is 25.2 Å². The molecule has 3 N–H and O–H groups in total. The number of halogens is 2. The van der Waals surface area contributed by atoms with Crippen molar-refractivity contribution >= 4 is 23.5 Å². The van der Waals surface area contributed by atoms with Crippen molar-refractivity contribution in [2.24, 2.45) is 5.10 Å². The fourth-order valence-electron chi connectivity index (χ4n) is 1.61. The molecule has 120 valence electrons. The number of rotatable bonds is 6. The predicted molar refractivity (Wildman–Crippen MR) is 77.4 cm³/mol. The number of alkyl halides is 2. The number of benzene rings is 1. The molecule has 0 aliphatic heterocycles. The normalized spacial score (nSPS) is 10.9. The van der Waals surface area contributed by atoms with Crippen molar-refractivity contribution in [1.29, 1.82) is 0 Å². The minimum atomic E-state index is -2.99. The highest BCUT2D eigenvalue weighted by Crippen LogP contribution is 2.26. The third-order valence-electron chi connectivity index (χ3n) is 2.54. The molecule has 0 atom stereocenters. The van der Waals surface area contributed by atoms with Crippen LogP contribution in [0.1, 0.15) is 5.56 Å². The lowest BCUT2D eigenvalue weighted by molar-refractivity contribution is -0.383. The lowest BCUT2D eigenvalue weighted by Crippen LogP contribution is -2.06. The van der Waals surface area contributed by atoms with E-state index < -0.39 is 17.2 Å². The number of aromatic nitrogens is 2. The first-order valence-corrected chi connectivity index (χ1v) is 6.07. The molecule has 2 aromatic rings. The molecule has 9 nitrogen and oxygen atoms in total. The second kappa shape index (κ2) is 7.06. The first-order valence-electron chi connectivity index (χ1n) is 6.07. The Labute approximate surface area is 128 Å². The number of hydrazone groups is 1. The quantitative estimate of drug-likeness (QED) is 0.472. The fourth-order valence-corrected chi connectivity index (χ4v) is 1.61. The number of nitrogen functional groups attached to an aromatic ring is 1. The van der Waals surface area contributed by atoms with Crippen molar-refractivity contribution in [3.05, 3.63) is 46.3 Å². The second-order valence-corrected chi connectivity index (χ2v) is 4.00. The number of anilines is 2. The van der Waals surface area contributed by atoms with Crippen LogP contribution in [-0.2, 0) is 0 Å². The molecular formula is C12H10F2N6O3. The zero-order chi connectivity index (χ0) is 16.8.